The molecule has 0 saturated heterocycles. The summed E-state index contributed by atoms with van der Waals surface area (Å²) in [5.74, 6) is 1.38. The number of amides is 1. The molecule has 0 aliphatic carbocycles. The molecule has 0 fully saturated rings. The number of carbonyl (C=O) groups excluding carboxylic acids is 1. The first-order valence-electron chi connectivity index (χ1n) is 8.63. The van der Waals surface area contributed by atoms with E-state index in [2.05, 4.69) is 21.2 Å². The number of hydrogen-bond donors (Lipinski definition) is 1. The highest BCUT2D eigenvalue weighted by Crippen LogP contribution is 2.34. The molecule has 0 aliphatic heterocycles. The lowest BCUT2D eigenvalue weighted by molar-refractivity contribution is -0.111. The zero-order valence-electron chi connectivity index (χ0n) is 16.1. The second-order valence-electron chi connectivity index (χ2n) is 6.61. The molecule has 27 heavy (non-hydrogen) atoms. The molecule has 0 atom stereocenters. The number of hydrogen-bond acceptors (Lipinski definition) is 3. The van der Waals surface area contributed by atoms with Crippen LogP contribution in [0, 0.1) is 20.8 Å². The van der Waals surface area contributed by atoms with Crippen molar-refractivity contribution in [3.63, 3.8) is 0 Å². The summed E-state index contributed by atoms with van der Waals surface area (Å²) in [5.41, 5.74) is 5.39. The van der Waals surface area contributed by atoms with Crippen LogP contribution in [0.5, 0.6) is 5.75 Å². The van der Waals surface area contributed by atoms with Gasteiger partial charge < -0.3 is 14.5 Å². The van der Waals surface area contributed by atoms with E-state index >= 15 is 0 Å². The number of allylic oxidation sites excluding steroid dienone is 1. The standard InChI is InChI=1S/C22H22BrNO3/c1-12(9-22(25)24-16-6-7-19(23)13(2)8-16)17-10-18-14(3)15(4)27-21(18)11-20(17)26-5/h6-11H,1-5H3,(H,24,25)/b12-9+. The maximum Gasteiger partial charge on any atom is 0.248 e. The first-order chi connectivity index (χ1) is 12.8. The molecular formula is C22H22BrNO3. The quantitative estimate of drug-likeness (QED) is 0.506. The molecule has 5 heteroatoms. The summed E-state index contributed by atoms with van der Waals surface area (Å²) in [7, 11) is 1.62. The van der Waals surface area contributed by atoms with Crippen LogP contribution in [0.15, 0.2) is 45.3 Å². The van der Waals surface area contributed by atoms with Gasteiger partial charge in [-0.25, -0.2) is 0 Å². The van der Waals surface area contributed by atoms with Crippen molar-refractivity contribution in [2.24, 2.45) is 0 Å². The van der Waals surface area contributed by atoms with Gasteiger partial charge in [-0.15, -0.1) is 0 Å². The number of benzene rings is 2. The summed E-state index contributed by atoms with van der Waals surface area (Å²) >= 11 is 3.46. The molecule has 0 bridgehead atoms. The number of anilines is 1. The van der Waals surface area contributed by atoms with Crippen LogP contribution >= 0.6 is 15.9 Å². The average Bonchev–Trinajstić information content (AvgIpc) is 2.90. The van der Waals surface area contributed by atoms with Gasteiger partial charge in [-0.2, -0.15) is 0 Å². The number of halogens is 1. The maximum atomic E-state index is 12.5. The van der Waals surface area contributed by atoms with Crippen molar-refractivity contribution in [3.05, 3.63) is 63.3 Å². The third-order valence-corrected chi connectivity index (χ3v) is 5.58. The van der Waals surface area contributed by atoms with Crippen LogP contribution in [0.3, 0.4) is 0 Å². The number of methoxy groups -OCH3 is 1. The van der Waals surface area contributed by atoms with Gasteiger partial charge in [-0.1, -0.05) is 15.9 Å². The van der Waals surface area contributed by atoms with Crippen LogP contribution in [0.1, 0.15) is 29.4 Å². The van der Waals surface area contributed by atoms with E-state index in [4.69, 9.17) is 9.15 Å². The highest BCUT2D eigenvalue weighted by molar-refractivity contribution is 9.10. The first-order valence-corrected chi connectivity index (χ1v) is 9.43. The van der Waals surface area contributed by atoms with Crippen LogP contribution in [-0.4, -0.2) is 13.0 Å². The number of rotatable bonds is 4. The summed E-state index contributed by atoms with van der Waals surface area (Å²) < 4.78 is 12.3. The van der Waals surface area contributed by atoms with Crippen molar-refractivity contribution < 1.29 is 13.9 Å². The monoisotopic (exact) mass is 427 g/mol. The predicted molar refractivity (Wildman–Crippen MR) is 113 cm³/mol. The van der Waals surface area contributed by atoms with Gasteiger partial charge in [0.15, 0.2) is 0 Å². The fourth-order valence-electron chi connectivity index (χ4n) is 3.02. The van der Waals surface area contributed by atoms with Crippen molar-refractivity contribution in [3.8, 4) is 5.75 Å². The third-order valence-electron chi connectivity index (χ3n) is 4.69. The molecule has 0 unspecified atom stereocenters. The Morgan fingerprint density at radius 3 is 2.59 bits per heavy atom. The van der Waals surface area contributed by atoms with Gasteiger partial charge in [-0.3, -0.25) is 4.79 Å². The van der Waals surface area contributed by atoms with Crippen molar-refractivity contribution in [1.82, 2.24) is 0 Å². The van der Waals surface area contributed by atoms with Crippen LogP contribution in [0.4, 0.5) is 5.69 Å². The van der Waals surface area contributed by atoms with Gasteiger partial charge >= 0.3 is 0 Å². The minimum Gasteiger partial charge on any atom is -0.496 e. The van der Waals surface area contributed by atoms with E-state index < -0.39 is 0 Å². The lowest BCUT2D eigenvalue weighted by Gasteiger charge is -2.10. The third kappa shape index (κ3) is 3.93. The molecule has 1 N–H and O–H groups in total. The zero-order valence-corrected chi connectivity index (χ0v) is 17.7. The van der Waals surface area contributed by atoms with E-state index in [1.807, 2.05) is 58.0 Å². The highest BCUT2D eigenvalue weighted by Gasteiger charge is 2.14. The Morgan fingerprint density at radius 2 is 1.93 bits per heavy atom. The van der Waals surface area contributed by atoms with E-state index in [-0.39, 0.29) is 5.91 Å². The predicted octanol–water partition coefficient (Wildman–Crippen LogP) is 6.17. The fraction of sp³-hybridized carbons (Fsp3) is 0.227. The molecule has 0 spiro atoms. The van der Waals surface area contributed by atoms with Crippen LogP contribution in [0.25, 0.3) is 16.5 Å². The molecule has 3 rings (SSSR count). The van der Waals surface area contributed by atoms with Crippen molar-refractivity contribution in [2.45, 2.75) is 27.7 Å². The molecule has 0 aliphatic rings. The fourth-order valence-corrected chi connectivity index (χ4v) is 3.27. The van der Waals surface area contributed by atoms with Gasteiger partial charge in [0, 0.05) is 33.3 Å². The van der Waals surface area contributed by atoms with Gasteiger partial charge in [0.2, 0.25) is 5.91 Å². The highest BCUT2D eigenvalue weighted by atomic mass is 79.9. The summed E-state index contributed by atoms with van der Waals surface area (Å²) in [5, 5.41) is 3.93. The zero-order chi connectivity index (χ0) is 19.7. The minimum atomic E-state index is -0.184. The molecule has 1 aromatic heterocycles. The Balaban J connectivity index is 1.93. The number of ether oxygens (including phenoxy) is 1. The normalized spacial score (nSPS) is 11.7. The van der Waals surface area contributed by atoms with Crippen LogP contribution in [-0.2, 0) is 4.79 Å². The summed E-state index contributed by atoms with van der Waals surface area (Å²) in [6.07, 6.45) is 1.59. The maximum absolute atomic E-state index is 12.5. The number of fused-ring (bicyclic) bond motifs is 1. The van der Waals surface area contributed by atoms with Crippen molar-refractivity contribution >= 4 is 44.1 Å². The number of carbonyl (C=O) groups is 1. The molecule has 3 aromatic rings. The Morgan fingerprint density at radius 1 is 1.19 bits per heavy atom. The average molecular weight is 428 g/mol. The van der Waals surface area contributed by atoms with Gasteiger partial charge in [0.1, 0.15) is 17.1 Å². The van der Waals surface area contributed by atoms with Crippen LogP contribution in [0.2, 0.25) is 0 Å². The molecule has 4 nitrogen and oxygen atoms in total. The summed E-state index contributed by atoms with van der Waals surface area (Å²) in [4.78, 5) is 12.5. The lowest BCUT2D eigenvalue weighted by atomic mass is 10.0. The molecular weight excluding hydrogens is 406 g/mol. The second-order valence-corrected chi connectivity index (χ2v) is 7.47. The van der Waals surface area contributed by atoms with E-state index in [1.54, 1.807) is 13.2 Å². The second kappa shape index (κ2) is 7.61. The number of aryl methyl sites for hydroxylation is 3. The van der Waals surface area contributed by atoms with E-state index in [0.29, 0.717) is 5.75 Å². The van der Waals surface area contributed by atoms with Gasteiger partial charge in [0.05, 0.1) is 7.11 Å². The Kier molecular flexibility index (Phi) is 5.42. The van der Waals surface area contributed by atoms with E-state index in [1.165, 1.54) is 0 Å². The summed E-state index contributed by atoms with van der Waals surface area (Å²) in [6, 6.07) is 9.60. The summed E-state index contributed by atoms with van der Waals surface area (Å²) in [6.45, 7) is 7.85. The molecule has 2 aromatic carbocycles. The Hall–Kier alpha value is -2.53. The van der Waals surface area contributed by atoms with Crippen molar-refractivity contribution in [1.29, 1.82) is 0 Å². The smallest absolute Gasteiger partial charge is 0.248 e. The molecule has 0 radical (unpaired) electrons. The van der Waals surface area contributed by atoms with E-state index in [0.717, 1.165) is 49.2 Å². The molecule has 1 amide bonds. The lowest BCUT2D eigenvalue weighted by Crippen LogP contribution is -2.08. The Bertz CT molecular complexity index is 1060. The topological polar surface area (TPSA) is 51.5 Å². The Labute approximate surface area is 167 Å². The molecule has 1 heterocycles. The van der Waals surface area contributed by atoms with Crippen LogP contribution < -0.4 is 10.1 Å². The van der Waals surface area contributed by atoms with E-state index in [9.17, 15) is 4.79 Å². The molecule has 140 valence electrons. The number of furan rings is 1. The first kappa shape index (κ1) is 19.2. The minimum absolute atomic E-state index is 0.184. The SMILES string of the molecule is COc1cc2oc(C)c(C)c2cc1/C(C)=C/C(=O)Nc1ccc(Br)c(C)c1. The van der Waals surface area contributed by atoms with Gasteiger partial charge in [0.25, 0.3) is 0 Å². The number of nitrogens with one attached hydrogen (secondary N) is 1. The van der Waals surface area contributed by atoms with Crippen molar-refractivity contribution in [2.75, 3.05) is 12.4 Å². The molecule has 0 saturated carbocycles. The van der Waals surface area contributed by atoms with Gasteiger partial charge in [-0.05, 0) is 68.7 Å². The largest absolute Gasteiger partial charge is 0.496 e.